The Labute approximate surface area is 192 Å². The number of hydrogen-bond acceptors (Lipinski definition) is 5. The van der Waals surface area contributed by atoms with Crippen molar-refractivity contribution in [2.45, 2.75) is 32.8 Å². The van der Waals surface area contributed by atoms with Crippen molar-refractivity contribution in [2.75, 3.05) is 38.2 Å². The lowest BCUT2D eigenvalue weighted by atomic mass is 9.84. The topological polar surface area (TPSA) is 48.8 Å². The van der Waals surface area contributed by atoms with Crippen LogP contribution in [0.4, 0.5) is 5.69 Å². The molecule has 1 unspecified atom stereocenters. The van der Waals surface area contributed by atoms with Gasteiger partial charge in [0, 0.05) is 55.5 Å². The summed E-state index contributed by atoms with van der Waals surface area (Å²) in [5, 5.41) is 11.8. The Morgan fingerprint density at radius 1 is 1.09 bits per heavy atom. The van der Waals surface area contributed by atoms with E-state index in [1.54, 1.807) is 7.11 Å². The monoisotopic (exact) mass is 433 g/mol. The van der Waals surface area contributed by atoms with E-state index in [4.69, 9.17) is 4.74 Å². The maximum atomic E-state index is 11.8. The Hall–Kier alpha value is -3.05. The van der Waals surface area contributed by atoms with Gasteiger partial charge in [-0.2, -0.15) is 0 Å². The van der Waals surface area contributed by atoms with E-state index >= 15 is 0 Å². The van der Waals surface area contributed by atoms with Crippen LogP contribution in [0.15, 0.2) is 84.4 Å². The third-order valence-corrected chi connectivity index (χ3v) is 5.96. The van der Waals surface area contributed by atoms with Crippen LogP contribution in [0.25, 0.3) is 0 Å². The van der Waals surface area contributed by atoms with E-state index in [-0.39, 0.29) is 0 Å². The number of allylic oxidation sites excluding steroid dienone is 4. The minimum absolute atomic E-state index is 0.780. The van der Waals surface area contributed by atoms with Crippen molar-refractivity contribution in [1.29, 1.82) is 0 Å². The summed E-state index contributed by atoms with van der Waals surface area (Å²) in [6.07, 6.45) is 12.9. The lowest BCUT2D eigenvalue weighted by molar-refractivity contribution is 0.0940. The molecule has 0 radical (unpaired) electrons. The molecule has 1 fully saturated rings. The van der Waals surface area contributed by atoms with E-state index in [2.05, 4.69) is 52.1 Å². The number of hydrogen-bond donors (Lipinski definition) is 1. The van der Waals surface area contributed by atoms with Gasteiger partial charge in [0.2, 0.25) is 0 Å². The highest BCUT2D eigenvalue weighted by Crippen LogP contribution is 2.37. The van der Waals surface area contributed by atoms with Crippen LogP contribution in [-0.4, -0.2) is 48.3 Å². The van der Waals surface area contributed by atoms with Gasteiger partial charge in [0.05, 0.1) is 7.11 Å². The fourth-order valence-corrected chi connectivity index (χ4v) is 4.14. The summed E-state index contributed by atoms with van der Waals surface area (Å²) in [6.45, 7) is 9.60. The van der Waals surface area contributed by atoms with Crippen molar-refractivity contribution in [2.24, 2.45) is 0 Å². The van der Waals surface area contributed by atoms with Crippen LogP contribution in [0.1, 0.15) is 32.8 Å². The van der Waals surface area contributed by atoms with E-state index in [9.17, 15) is 5.11 Å². The number of methoxy groups -OCH3 is 1. The SMILES string of the molecule is C\C=C/C=C(\C(=C\CC)C(C)(O)c1ccc(OC)cc1)N1CCN(c2ccncc2)CC1. The highest BCUT2D eigenvalue weighted by atomic mass is 16.5. The quantitative estimate of drug-likeness (QED) is 0.599. The van der Waals surface area contributed by atoms with Crippen LogP contribution < -0.4 is 9.64 Å². The molecule has 0 amide bonds. The number of rotatable bonds is 8. The fraction of sp³-hybridized carbons (Fsp3) is 0.370. The van der Waals surface area contributed by atoms with Gasteiger partial charge in [-0.15, -0.1) is 0 Å². The zero-order chi connectivity index (χ0) is 23.0. The molecule has 2 heterocycles. The maximum Gasteiger partial charge on any atom is 0.118 e. The van der Waals surface area contributed by atoms with E-state index in [1.807, 2.05) is 56.6 Å². The summed E-state index contributed by atoms with van der Waals surface area (Å²) < 4.78 is 5.30. The Balaban J connectivity index is 1.89. The number of ether oxygens (including phenoxy) is 1. The average Bonchev–Trinajstić information content (AvgIpc) is 2.84. The summed E-state index contributed by atoms with van der Waals surface area (Å²) in [5.74, 6) is 0.780. The first kappa shape index (κ1) is 23.6. The highest BCUT2D eigenvalue weighted by molar-refractivity contribution is 5.48. The summed E-state index contributed by atoms with van der Waals surface area (Å²) in [6, 6.07) is 11.8. The first-order chi connectivity index (χ1) is 15.5. The van der Waals surface area contributed by atoms with E-state index < -0.39 is 5.60 Å². The minimum atomic E-state index is -1.13. The van der Waals surface area contributed by atoms with E-state index in [0.29, 0.717) is 0 Å². The second-order valence-corrected chi connectivity index (χ2v) is 8.08. The molecule has 1 N–H and O–H groups in total. The highest BCUT2D eigenvalue weighted by Gasteiger charge is 2.33. The van der Waals surface area contributed by atoms with Gasteiger partial charge in [0.1, 0.15) is 11.4 Å². The fourth-order valence-electron chi connectivity index (χ4n) is 4.14. The van der Waals surface area contributed by atoms with Crippen LogP contribution in [-0.2, 0) is 5.60 Å². The predicted molar refractivity (Wildman–Crippen MR) is 132 cm³/mol. The van der Waals surface area contributed by atoms with Gasteiger partial charge < -0.3 is 19.6 Å². The van der Waals surface area contributed by atoms with Crippen molar-refractivity contribution >= 4 is 5.69 Å². The molecule has 1 aliphatic heterocycles. The normalized spacial score (nSPS) is 17.5. The molecule has 0 bridgehead atoms. The van der Waals surface area contributed by atoms with Gasteiger partial charge in [0.25, 0.3) is 0 Å². The first-order valence-corrected chi connectivity index (χ1v) is 11.3. The van der Waals surface area contributed by atoms with Crippen LogP contribution >= 0.6 is 0 Å². The number of aliphatic hydroxyl groups is 1. The molecule has 1 atom stereocenters. The van der Waals surface area contributed by atoms with Crippen LogP contribution in [0, 0.1) is 0 Å². The Morgan fingerprint density at radius 3 is 2.31 bits per heavy atom. The largest absolute Gasteiger partial charge is 0.497 e. The van der Waals surface area contributed by atoms with E-state index in [0.717, 1.165) is 55.2 Å². The molecule has 2 aromatic rings. The molecule has 5 heteroatoms. The van der Waals surface area contributed by atoms with E-state index in [1.165, 1.54) is 5.69 Å². The molecule has 0 aliphatic carbocycles. The van der Waals surface area contributed by atoms with Crippen LogP contribution in [0.2, 0.25) is 0 Å². The second-order valence-electron chi connectivity index (χ2n) is 8.08. The molecular formula is C27H35N3O2. The smallest absolute Gasteiger partial charge is 0.118 e. The van der Waals surface area contributed by atoms with Crippen LogP contribution in [0.5, 0.6) is 5.75 Å². The Morgan fingerprint density at radius 2 is 1.75 bits per heavy atom. The number of nitrogens with zero attached hydrogens (tertiary/aromatic N) is 3. The zero-order valence-electron chi connectivity index (χ0n) is 19.7. The average molecular weight is 434 g/mol. The lowest BCUT2D eigenvalue weighted by Gasteiger charge is -2.41. The number of aromatic nitrogens is 1. The molecule has 3 rings (SSSR count). The molecule has 1 aromatic carbocycles. The molecule has 32 heavy (non-hydrogen) atoms. The minimum Gasteiger partial charge on any atom is -0.497 e. The van der Waals surface area contributed by atoms with Gasteiger partial charge in [-0.05, 0) is 56.2 Å². The molecule has 0 spiro atoms. The van der Waals surface area contributed by atoms with Gasteiger partial charge in [-0.25, -0.2) is 0 Å². The third kappa shape index (κ3) is 5.40. The van der Waals surface area contributed by atoms with Gasteiger partial charge in [-0.1, -0.05) is 37.3 Å². The van der Waals surface area contributed by atoms with Crippen molar-refractivity contribution in [1.82, 2.24) is 9.88 Å². The Kier molecular flexibility index (Phi) is 8.12. The number of benzene rings is 1. The molecule has 0 saturated carbocycles. The molecular weight excluding hydrogens is 398 g/mol. The summed E-state index contributed by atoms with van der Waals surface area (Å²) in [7, 11) is 1.65. The van der Waals surface area contributed by atoms with Gasteiger partial charge in [0.15, 0.2) is 0 Å². The molecule has 1 aliphatic rings. The second kappa shape index (κ2) is 11.0. The number of pyridine rings is 1. The number of piperazine rings is 1. The lowest BCUT2D eigenvalue weighted by Crippen LogP contribution is -2.47. The molecule has 170 valence electrons. The standard InChI is InChI=1S/C27H35N3O2/c1-5-7-9-26(30-20-18-29(19-21-30)23-14-16-28-17-15-23)25(8-6-2)27(3,31)22-10-12-24(32-4)13-11-22/h5,7-17,31H,6,18-21H2,1-4H3/b7-5-,25-8-,26-9+. The number of anilines is 1. The summed E-state index contributed by atoms with van der Waals surface area (Å²) in [5.41, 5.74) is 2.92. The molecule has 1 aromatic heterocycles. The van der Waals surface area contributed by atoms with Gasteiger partial charge in [-0.3, -0.25) is 4.98 Å². The predicted octanol–water partition coefficient (Wildman–Crippen LogP) is 4.92. The van der Waals surface area contributed by atoms with Crippen molar-refractivity contribution in [3.63, 3.8) is 0 Å². The molecule has 5 nitrogen and oxygen atoms in total. The van der Waals surface area contributed by atoms with Crippen molar-refractivity contribution in [3.05, 3.63) is 89.9 Å². The van der Waals surface area contributed by atoms with Crippen molar-refractivity contribution < 1.29 is 9.84 Å². The summed E-state index contributed by atoms with van der Waals surface area (Å²) in [4.78, 5) is 8.90. The molecule has 1 saturated heterocycles. The first-order valence-electron chi connectivity index (χ1n) is 11.3. The third-order valence-electron chi connectivity index (χ3n) is 5.96. The Bertz CT molecular complexity index is 939. The zero-order valence-corrected chi connectivity index (χ0v) is 19.7. The van der Waals surface area contributed by atoms with Crippen molar-refractivity contribution in [3.8, 4) is 5.75 Å². The van der Waals surface area contributed by atoms with Gasteiger partial charge >= 0.3 is 0 Å². The van der Waals surface area contributed by atoms with Crippen LogP contribution in [0.3, 0.4) is 0 Å². The maximum absolute atomic E-state index is 11.8. The summed E-state index contributed by atoms with van der Waals surface area (Å²) >= 11 is 0.